The Morgan fingerprint density at radius 1 is 1.01 bits per heavy atom. The number of esters is 1. The first-order valence-electron chi connectivity index (χ1n) is 27.2. The molecule has 2 aliphatic heterocycles. The van der Waals surface area contributed by atoms with Gasteiger partial charge in [0.15, 0.2) is 5.72 Å². The Balaban J connectivity index is 1.14. The van der Waals surface area contributed by atoms with Crippen LogP contribution in [-0.4, -0.2) is 184 Å². The first-order chi connectivity index (χ1) is 38.9. The second kappa shape index (κ2) is 31.1. The molecule has 6 amide bonds. The number of halogens is 1. The third-order valence-electron chi connectivity index (χ3n) is 14.9. The number of ether oxygens (including phenoxy) is 6. The lowest BCUT2D eigenvalue weighted by molar-refractivity contribution is -0.168. The fourth-order valence-corrected chi connectivity index (χ4v) is 10.0. The predicted molar refractivity (Wildman–Crippen MR) is 305 cm³/mol. The number of alkyl carbamates (subject to hydrolysis) is 1. The van der Waals surface area contributed by atoms with E-state index in [-0.39, 0.29) is 57.3 Å². The number of aromatic nitrogens is 1. The molecule has 1 aromatic heterocycles. The van der Waals surface area contributed by atoms with Crippen LogP contribution in [0.4, 0.5) is 10.5 Å². The van der Waals surface area contributed by atoms with Crippen molar-refractivity contribution in [2.45, 2.75) is 122 Å². The molecule has 3 aromatic rings. The smallest absolute Gasteiger partial charge is 0.409 e. The van der Waals surface area contributed by atoms with Crippen LogP contribution >= 0.6 is 11.6 Å². The maximum atomic E-state index is 14.3. The molecule has 24 nitrogen and oxygen atoms in total. The van der Waals surface area contributed by atoms with Crippen molar-refractivity contribution in [3.8, 4) is 5.75 Å². The molecule has 1 fully saturated rings. The van der Waals surface area contributed by atoms with Crippen LogP contribution in [-0.2, 0) is 72.0 Å². The van der Waals surface area contributed by atoms with Gasteiger partial charge < -0.3 is 69.4 Å². The van der Waals surface area contributed by atoms with Crippen molar-refractivity contribution in [1.82, 2.24) is 35.9 Å². The molecule has 0 saturated carbocycles. The van der Waals surface area contributed by atoms with Crippen molar-refractivity contribution in [2.24, 2.45) is 17.6 Å². The first kappa shape index (κ1) is 66.2. The number of allylic oxidation sites excluding steroid dienone is 3. The van der Waals surface area contributed by atoms with E-state index < -0.39 is 109 Å². The molecule has 25 heteroatoms. The predicted octanol–water partition coefficient (Wildman–Crippen LogP) is 2.86. The standard InChI is InChI=1S/C57H82ClN9O15/c1-34-14-13-17-47(78-10)57(76)32-46(82-56(75)63-57)36(3)53(72)35(2)44(31-51(71)66(8)43-27-38(26-34)28-45(77-9)52(43)58)81-55(74)37(4)65(7)50(70)19-22-79-24-25-80-23-20-61-54(73)41(30-48(59)68)62-49(69)18-21-67-40(33-64(6)60-5)29-39-15-11-12-16-42(39)67/h11-17,27-29,35-37,41,44,46-47,53,60,72,76H,18-26,30-33H2,1-10H3,(H2,59,68)(H,61,73)(H,62,69)(H,63,75)/b17-13+,34-14+/t35-,36+,37-,41-,44-,46-,47+,53?,57-/m0/s1. The van der Waals surface area contributed by atoms with E-state index in [1.807, 2.05) is 60.9 Å². The van der Waals surface area contributed by atoms with E-state index in [0.29, 0.717) is 30.9 Å². The highest BCUT2D eigenvalue weighted by Crippen LogP contribution is 2.38. The van der Waals surface area contributed by atoms with Crippen LogP contribution in [0.1, 0.15) is 71.1 Å². The van der Waals surface area contributed by atoms with Crippen molar-refractivity contribution < 1.29 is 72.2 Å². The van der Waals surface area contributed by atoms with Gasteiger partial charge in [-0.2, -0.15) is 0 Å². The summed E-state index contributed by atoms with van der Waals surface area (Å²) in [5.41, 5.74) is 10.4. The average molecular weight is 1170 g/mol. The number of carbonyl (C=O) groups excluding carboxylic acids is 7. The normalized spacial score (nSPS) is 23.4. The number of likely N-dealkylation sites (N-methyl/N-ethyl adjacent to an activating group) is 1. The highest BCUT2D eigenvalue weighted by Gasteiger charge is 2.49. The van der Waals surface area contributed by atoms with Crippen LogP contribution in [0.5, 0.6) is 5.75 Å². The number of carbonyl (C=O) groups is 7. The number of aliphatic hydroxyl groups excluding tert-OH is 1. The zero-order valence-electron chi connectivity index (χ0n) is 48.5. The third kappa shape index (κ3) is 18.2. The van der Waals surface area contributed by atoms with E-state index in [1.54, 1.807) is 38.1 Å². The van der Waals surface area contributed by atoms with Gasteiger partial charge in [0.1, 0.15) is 41.2 Å². The van der Waals surface area contributed by atoms with Crippen molar-refractivity contribution in [3.63, 3.8) is 0 Å². The molecule has 3 heterocycles. The molecule has 0 aliphatic carbocycles. The number of anilines is 1. The summed E-state index contributed by atoms with van der Waals surface area (Å²) in [7, 11) is 9.47. The van der Waals surface area contributed by atoms with Crippen LogP contribution < -0.4 is 36.7 Å². The highest BCUT2D eigenvalue weighted by molar-refractivity contribution is 6.35. The molecule has 0 spiro atoms. The summed E-state index contributed by atoms with van der Waals surface area (Å²) in [6, 6.07) is 11.0. The van der Waals surface area contributed by atoms with E-state index in [9.17, 15) is 43.8 Å². The fourth-order valence-electron chi connectivity index (χ4n) is 9.71. The Morgan fingerprint density at radius 3 is 2.40 bits per heavy atom. The molecule has 8 N–H and O–H groups in total. The molecule has 1 unspecified atom stereocenters. The molecule has 1 saturated heterocycles. The Hall–Kier alpha value is -6.64. The average Bonchev–Trinajstić information content (AvgIpc) is 3.92. The minimum Gasteiger partial charge on any atom is -0.495 e. The number of nitrogens with one attached hydrogen (secondary N) is 4. The number of methoxy groups -OCH3 is 2. The monoisotopic (exact) mass is 1170 g/mol. The van der Waals surface area contributed by atoms with E-state index in [1.165, 1.54) is 45.0 Å². The zero-order valence-corrected chi connectivity index (χ0v) is 49.3. The van der Waals surface area contributed by atoms with Crippen molar-refractivity contribution in [3.05, 3.63) is 82.5 Å². The lowest BCUT2D eigenvalue weighted by atomic mass is 9.81. The summed E-state index contributed by atoms with van der Waals surface area (Å²) in [5, 5.41) is 34.6. The lowest BCUT2D eigenvalue weighted by Crippen LogP contribution is -2.64. The SMILES string of the molecule is CNN(C)Cc1cc2ccccc2n1CCC(=O)N[C@@H](CC(N)=O)C(=O)NCCOCCOCCC(=O)N(C)[C@@H](C)C(=O)O[C@H]1CC(=O)N(C)c2cc(cc(OC)c2Cl)C/C(C)=C/C=C/[C@@H](OC)[C@@]2(O)C[C@H](OC(=O)N2)[C@@H](C)C(O)[C@H]1C. The number of aliphatic hydroxyl groups is 2. The van der Waals surface area contributed by atoms with Gasteiger partial charge in [0.25, 0.3) is 0 Å². The maximum absolute atomic E-state index is 14.3. The number of hydrogen-bond acceptors (Lipinski definition) is 17. The van der Waals surface area contributed by atoms with Crippen LogP contribution in [0.25, 0.3) is 10.9 Å². The van der Waals surface area contributed by atoms with Crippen LogP contribution in [0.2, 0.25) is 5.02 Å². The fraction of sp³-hybridized carbons (Fsp3) is 0.561. The maximum Gasteiger partial charge on any atom is 0.409 e. The largest absolute Gasteiger partial charge is 0.495 e. The highest BCUT2D eigenvalue weighted by atomic mass is 35.5. The Bertz CT molecular complexity index is 2780. The number of rotatable bonds is 24. The van der Waals surface area contributed by atoms with E-state index >= 15 is 0 Å². The number of hydrazine groups is 1. The summed E-state index contributed by atoms with van der Waals surface area (Å²) in [6.45, 7) is 7.66. The van der Waals surface area contributed by atoms with Crippen LogP contribution in [0, 0.1) is 11.8 Å². The number of hydrogen-bond donors (Lipinski definition) is 7. The second-order valence-electron chi connectivity index (χ2n) is 20.8. The molecule has 452 valence electrons. The minimum absolute atomic E-state index is 0.0366. The Labute approximate surface area is 483 Å². The van der Waals surface area contributed by atoms with Crippen LogP contribution in [0.3, 0.4) is 0 Å². The number of primary amides is 1. The molecular formula is C57H82ClN9O15. The van der Waals surface area contributed by atoms with E-state index in [0.717, 1.165) is 27.7 Å². The molecule has 9 atom stereocenters. The van der Waals surface area contributed by atoms with Gasteiger partial charge in [0.2, 0.25) is 29.5 Å². The molecule has 4 bridgehead atoms. The molecule has 0 radical (unpaired) electrons. The van der Waals surface area contributed by atoms with E-state index in [4.69, 9.17) is 45.8 Å². The summed E-state index contributed by atoms with van der Waals surface area (Å²) >= 11 is 6.79. The van der Waals surface area contributed by atoms with Gasteiger partial charge in [-0.25, -0.2) is 14.6 Å². The summed E-state index contributed by atoms with van der Waals surface area (Å²) < 4.78 is 36.1. The molecule has 82 heavy (non-hydrogen) atoms. The Kier molecular flexibility index (Phi) is 25.1. The van der Waals surface area contributed by atoms with Crippen LogP contribution in [0.15, 0.2) is 66.3 Å². The van der Waals surface area contributed by atoms with Gasteiger partial charge in [-0.1, -0.05) is 67.4 Å². The number of nitrogens with zero attached hydrogens (tertiary/aromatic N) is 4. The molecule has 2 aromatic carbocycles. The molecule has 2 aliphatic rings. The summed E-state index contributed by atoms with van der Waals surface area (Å²) in [6.07, 6.45) is -1.42. The number of nitrogens with two attached hydrogens (primary N) is 1. The van der Waals surface area contributed by atoms with Gasteiger partial charge in [-0.3, -0.25) is 34.7 Å². The lowest BCUT2D eigenvalue weighted by Gasteiger charge is -2.43. The number of amides is 6. The third-order valence-corrected chi connectivity index (χ3v) is 15.3. The van der Waals surface area contributed by atoms with Crippen molar-refractivity contribution in [2.75, 3.05) is 80.3 Å². The van der Waals surface area contributed by atoms with Crippen molar-refractivity contribution >= 4 is 69.8 Å². The number of benzene rings is 2. The number of aryl methyl sites for hydroxylation is 1. The molecular weight excluding hydrogens is 1090 g/mol. The van der Waals surface area contributed by atoms with Gasteiger partial charge in [-0.05, 0) is 62.5 Å². The summed E-state index contributed by atoms with van der Waals surface area (Å²) in [5.74, 6) is -5.28. The van der Waals surface area contributed by atoms with Gasteiger partial charge >= 0.3 is 12.1 Å². The quantitative estimate of drug-likeness (QED) is 0.0385. The minimum atomic E-state index is -1.96. The topological polar surface area (TPSA) is 304 Å². The first-order valence-corrected chi connectivity index (χ1v) is 27.6. The molecule has 5 rings (SSSR count). The van der Waals surface area contributed by atoms with Gasteiger partial charge in [0.05, 0.1) is 71.1 Å². The zero-order chi connectivity index (χ0) is 60.4. The van der Waals surface area contributed by atoms with Gasteiger partial charge in [0, 0.05) is 77.2 Å². The van der Waals surface area contributed by atoms with Gasteiger partial charge in [-0.15, -0.1) is 0 Å². The number of fused-ring (bicyclic) bond motifs is 5. The van der Waals surface area contributed by atoms with E-state index in [2.05, 4.69) is 27.4 Å². The van der Waals surface area contributed by atoms with Crippen molar-refractivity contribution in [1.29, 1.82) is 0 Å². The summed E-state index contributed by atoms with van der Waals surface area (Å²) in [4.78, 5) is 95.2. The number of para-hydroxylation sites is 1. The second-order valence-corrected chi connectivity index (χ2v) is 21.2. The Morgan fingerprint density at radius 2 is 1.72 bits per heavy atom.